The summed E-state index contributed by atoms with van der Waals surface area (Å²) in [5, 5.41) is 23.4. The van der Waals surface area contributed by atoms with Crippen molar-refractivity contribution in [1.82, 2.24) is 10.2 Å². The maximum Gasteiger partial charge on any atom is 0.470 e. The lowest BCUT2D eigenvalue weighted by Crippen LogP contribution is -2.65. The monoisotopic (exact) mass is 504 g/mol. The number of halogens is 1. The molecular weight excluding hydrogens is 471 g/mol. The van der Waals surface area contributed by atoms with E-state index in [1.165, 1.54) is 0 Å². The first kappa shape index (κ1) is 27.3. The zero-order valence-electron chi connectivity index (χ0n) is 18.1. The Morgan fingerprint density at radius 2 is 2.03 bits per heavy atom. The van der Waals surface area contributed by atoms with Crippen LogP contribution < -0.4 is 5.32 Å². The third kappa shape index (κ3) is 7.02. The molecule has 2 fully saturated rings. The van der Waals surface area contributed by atoms with Crippen molar-refractivity contribution in [2.45, 2.75) is 80.4 Å². The molecule has 4 unspecified atom stereocenters. The Hall–Kier alpha value is 0.0600. The third-order valence-electron chi connectivity index (χ3n) is 5.87. The number of amides is 1. The second kappa shape index (κ2) is 11.5. The van der Waals surface area contributed by atoms with Gasteiger partial charge in [0.2, 0.25) is 5.91 Å². The van der Waals surface area contributed by atoms with Crippen LogP contribution >= 0.6 is 31.2 Å². The summed E-state index contributed by atoms with van der Waals surface area (Å²) in [6, 6.07) is -1.18. The molecule has 2 heterocycles. The quantitative estimate of drug-likeness (QED) is 0.222. The number of nitrogens with zero attached hydrogens (tertiary/aromatic N) is 1. The number of alkyl halides is 1. The number of rotatable bonds is 9. The SMILES string of the molecule is CCCC1C[C@@H](C(=O)NC(C(C)Cl)[C@H]2OC(SC)[C@H](OP(=O)(O)O)[C@@H](O)[C@H]2O)N(C)C1. The van der Waals surface area contributed by atoms with Crippen molar-refractivity contribution in [2.75, 3.05) is 19.8 Å². The molecular formula is C18H34ClN2O8PS. The third-order valence-corrected chi connectivity index (χ3v) is 7.50. The zero-order chi connectivity index (χ0) is 23.5. The Balaban J connectivity index is 2.15. The summed E-state index contributed by atoms with van der Waals surface area (Å²) in [6.07, 6.45) is -1.37. The van der Waals surface area contributed by atoms with Crippen LogP contribution in [0.3, 0.4) is 0 Å². The number of phosphoric acid groups is 1. The van der Waals surface area contributed by atoms with Gasteiger partial charge in [-0.1, -0.05) is 13.3 Å². The second-order valence-corrected chi connectivity index (χ2v) is 11.1. The number of aliphatic hydroxyl groups excluding tert-OH is 2. The van der Waals surface area contributed by atoms with Gasteiger partial charge in [0.1, 0.15) is 29.9 Å². The molecule has 0 aromatic carbocycles. The summed E-state index contributed by atoms with van der Waals surface area (Å²) < 4.78 is 21.7. The highest BCUT2D eigenvalue weighted by Crippen LogP contribution is 2.43. The lowest BCUT2D eigenvalue weighted by Gasteiger charge is -2.45. The van der Waals surface area contributed by atoms with Crippen molar-refractivity contribution < 1.29 is 38.6 Å². The van der Waals surface area contributed by atoms with Gasteiger partial charge in [-0.05, 0) is 39.0 Å². The van der Waals surface area contributed by atoms with E-state index in [9.17, 15) is 19.6 Å². The summed E-state index contributed by atoms with van der Waals surface area (Å²) in [7, 11) is -3.04. The molecule has 0 radical (unpaired) electrons. The van der Waals surface area contributed by atoms with Gasteiger partial charge in [0.05, 0.1) is 17.5 Å². The maximum absolute atomic E-state index is 13.0. The van der Waals surface area contributed by atoms with Gasteiger partial charge in [-0.25, -0.2) is 4.57 Å². The molecule has 31 heavy (non-hydrogen) atoms. The van der Waals surface area contributed by atoms with E-state index in [0.717, 1.165) is 37.6 Å². The van der Waals surface area contributed by atoms with Crippen molar-refractivity contribution in [3.05, 3.63) is 0 Å². The van der Waals surface area contributed by atoms with Gasteiger partial charge in [0.25, 0.3) is 0 Å². The molecule has 0 spiro atoms. The highest BCUT2D eigenvalue weighted by atomic mass is 35.5. The Labute approximate surface area is 192 Å². The molecule has 1 amide bonds. The van der Waals surface area contributed by atoms with Crippen molar-refractivity contribution in [3.63, 3.8) is 0 Å². The predicted octanol–water partition coefficient (Wildman–Crippen LogP) is 0.507. The largest absolute Gasteiger partial charge is 0.470 e. The molecule has 10 nitrogen and oxygen atoms in total. The number of thioether (sulfide) groups is 1. The fourth-order valence-electron chi connectivity index (χ4n) is 4.37. The summed E-state index contributed by atoms with van der Waals surface area (Å²) in [6.45, 7) is 4.57. The van der Waals surface area contributed by atoms with Crippen LogP contribution in [0, 0.1) is 5.92 Å². The van der Waals surface area contributed by atoms with Gasteiger partial charge in [-0.15, -0.1) is 23.4 Å². The van der Waals surface area contributed by atoms with Gasteiger partial charge in [-0.3, -0.25) is 14.2 Å². The molecule has 0 aromatic rings. The number of carbonyl (C=O) groups is 1. The number of hydrogen-bond donors (Lipinski definition) is 5. The number of likely N-dealkylation sites (N-methyl/N-ethyl adjacent to an activating group) is 1. The van der Waals surface area contributed by atoms with Crippen molar-refractivity contribution in [1.29, 1.82) is 0 Å². The van der Waals surface area contributed by atoms with Gasteiger partial charge in [-0.2, -0.15) is 0 Å². The van der Waals surface area contributed by atoms with Gasteiger partial charge in [0, 0.05) is 6.54 Å². The van der Waals surface area contributed by atoms with E-state index >= 15 is 0 Å². The number of ether oxygens (including phenoxy) is 1. The maximum atomic E-state index is 13.0. The zero-order valence-corrected chi connectivity index (χ0v) is 20.6. The lowest BCUT2D eigenvalue weighted by molar-refractivity contribution is -0.201. The van der Waals surface area contributed by atoms with E-state index in [1.54, 1.807) is 13.2 Å². The van der Waals surface area contributed by atoms with E-state index in [4.69, 9.17) is 26.1 Å². The summed E-state index contributed by atoms with van der Waals surface area (Å²) in [5.41, 5.74) is -0.992. The summed E-state index contributed by atoms with van der Waals surface area (Å²) >= 11 is 7.38. The average molecular weight is 505 g/mol. The minimum atomic E-state index is -4.93. The van der Waals surface area contributed by atoms with Crippen molar-refractivity contribution >= 4 is 37.1 Å². The Bertz CT molecular complexity index is 654. The minimum absolute atomic E-state index is 0.238. The highest BCUT2D eigenvalue weighted by molar-refractivity contribution is 7.99. The van der Waals surface area contributed by atoms with E-state index in [-0.39, 0.29) is 11.9 Å². The van der Waals surface area contributed by atoms with Crippen molar-refractivity contribution in [3.8, 4) is 0 Å². The Morgan fingerprint density at radius 1 is 1.39 bits per heavy atom. The van der Waals surface area contributed by atoms with Crippen LogP contribution in [0.4, 0.5) is 0 Å². The van der Waals surface area contributed by atoms with Gasteiger partial charge < -0.3 is 30.1 Å². The first-order valence-corrected chi connectivity index (χ1v) is 13.6. The molecule has 0 aromatic heterocycles. The molecule has 2 saturated heterocycles. The number of hydrogen-bond acceptors (Lipinski definition) is 8. The molecule has 13 heteroatoms. The molecule has 5 N–H and O–H groups in total. The van der Waals surface area contributed by atoms with Crippen LogP contribution in [0.1, 0.15) is 33.1 Å². The van der Waals surface area contributed by atoms with Crippen LogP contribution in [0.5, 0.6) is 0 Å². The first-order chi connectivity index (χ1) is 14.4. The van der Waals surface area contributed by atoms with E-state index in [1.807, 2.05) is 11.9 Å². The van der Waals surface area contributed by atoms with Crippen molar-refractivity contribution in [2.24, 2.45) is 5.92 Å². The van der Waals surface area contributed by atoms with Gasteiger partial charge in [0.15, 0.2) is 0 Å². The van der Waals surface area contributed by atoms with E-state index in [2.05, 4.69) is 16.8 Å². The molecule has 0 bridgehead atoms. The van der Waals surface area contributed by atoms with E-state index < -0.39 is 49.1 Å². The van der Waals surface area contributed by atoms with Crippen LogP contribution in [-0.4, -0.2) is 98.0 Å². The van der Waals surface area contributed by atoms with E-state index in [0.29, 0.717) is 5.92 Å². The number of aliphatic hydroxyl groups is 2. The molecule has 0 aliphatic carbocycles. The van der Waals surface area contributed by atoms with Crippen LogP contribution in [0.25, 0.3) is 0 Å². The Kier molecular flexibility index (Phi) is 10.1. The van der Waals surface area contributed by atoms with Crippen LogP contribution in [-0.2, 0) is 18.6 Å². The average Bonchev–Trinajstić information content (AvgIpc) is 3.03. The smallest absolute Gasteiger partial charge is 0.388 e. The fourth-order valence-corrected chi connectivity index (χ4v) is 5.93. The molecule has 2 aliphatic heterocycles. The topological polar surface area (TPSA) is 149 Å². The number of likely N-dealkylation sites (tertiary alicyclic amines) is 1. The predicted molar refractivity (Wildman–Crippen MR) is 118 cm³/mol. The molecule has 2 aliphatic rings. The number of nitrogens with one attached hydrogen (secondary N) is 1. The van der Waals surface area contributed by atoms with Crippen LogP contribution in [0.2, 0.25) is 0 Å². The van der Waals surface area contributed by atoms with Crippen LogP contribution in [0.15, 0.2) is 0 Å². The Morgan fingerprint density at radius 3 is 2.55 bits per heavy atom. The second-order valence-electron chi connectivity index (χ2n) is 8.30. The summed E-state index contributed by atoms with van der Waals surface area (Å²) in [4.78, 5) is 33.3. The first-order valence-electron chi connectivity index (χ1n) is 10.3. The number of carbonyl (C=O) groups excluding carboxylic acids is 1. The molecule has 2 rings (SSSR count). The van der Waals surface area contributed by atoms with Gasteiger partial charge >= 0.3 is 7.82 Å². The normalized spacial score (nSPS) is 36.9. The number of phosphoric ester groups is 1. The highest BCUT2D eigenvalue weighted by Gasteiger charge is 2.51. The summed E-state index contributed by atoms with van der Waals surface area (Å²) in [5.74, 6) is 0.195. The standard InChI is InChI=1S/C18H34ClN2O8PS/c1-5-6-10-7-11(21(3)8-10)17(24)20-12(9(2)19)15-13(22)14(23)16(18(28-15)31-4)29-30(25,26)27/h9-16,18,22-23H,5-8H2,1-4H3,(H,20,24)(H2,25,26,27)/t9?,10?,11-,12?,13+,14-,15+,16+,18?/m0/s1. The minimum Gasteiger partial charge on any atom is -0.388 e. The molecule has 0 saturated carbocycles. The lowest BCUT2D eigenvalue weighted by atomic mass is 9.92. The molecule has 9 atom stereocenters. The fraction of sp³-hybridized carbons (Fsp3) is 0.944. The molecule has 182 valence electrons.